The number of likely N-dealkylation sites (N-methyl/N-ethyl adjacent to an activating group) is 1. The Bertz CT molecular complexity index is 609. The molecule has 0 fully saturated rings. The molecule has 0 aliphatic carbocycles. The van der Waals surface area contributed by atoms with Gasteiger partial charge >= 0.3 is 0 Å². The number of hydrogen-bond donors (Lipinski definition) is 1. The maximum atomic E-state index is 12.4. The monoisotopic (exact) mass is 252 g/mol. The number of rotatable bonds is 1. The van der Waals surface area contributed by atoms with Crippen molar-refractivity contribution in [2.75, 3.05) is 7.05 Å². The molecule has 2 N–H and O–H groups in total. The van der Waals surface area contributed by atoms with E-state index in [1.165, 1.54) is 0 Å². The zero-order chi connectivity index (χ0) is 13.4. The summed E-state index contributed by atoms with van der Waals surface area (Å²) >= 11 is 0. The van der Waals surface area contributed by atoms with Crippen LogP contribution in [0.25, 0.3) is 0 Å². The van der Waals surface area contributed by atoms with E-state index in [1.807, 2.05) is 61.6 Å². The summed E-state index contributed by atoms with van der Waals surface area (Å²) in [5.74, 6) is 0.0335. The van der Waals surface area contributed by atoms with Crippen LogP contribution >= 0.6 is 0 Å². The fourth-order valence-electron chi connectivity index (χ4n) is 2.79. The second-order valence-corrected chi connectivity index (χ2v) is 4.88. The lowest BCUT2D eigenvalue weighted by molar-refractivity contribution is 0.0673. The number of fused-ring (bicyclic) bond motifs is 1. The summed E-state index contributed by atoms with van der Waals surface area (Å²) in [6, 6.07) is 17.2. The van der Waals surface area contributed by atoms with E-state index in [0.717, 1.165) is 11.1 Å². The molecule has 2 atom stereocenters. The van der Waals surface area contributed by atoms with Gasteiger partial charge in [0, 0.05) is 12.6 Å². The Balaban J connectivity index is 2.12. The van der Waals surface area contributed by atoms with Crippen molar-refractivity contribution in [3.63, 3.8) is 0 Å². The standard InChI is InChI=1S/C16H16N2O/c1-18-15(11-7-3-2-4-8-11)14(17)12-9-5-6-10-13(12)16(18)19/h2-10,14-15H,17H2,1H3/t14-,15+/m0/s1. The predicted molar refractivity (Wildman–Crippen MR) is 74.6 cm³/mol. The quantitative estimate of drug-likeness (QED) is 0.847. The molecule has 2 aromatic carbocycles. The summed E-state index contributed by atoms with van der Waals surface area (Å²) in [5.41, 5.74) is 9.09. The van der Waals surface area contributed by atoms with E-state index >= 15 is 0 Å². The van der Waals surface area contributed by atoms with Gasteiger partial charge in [0.1, 0.15) is 0 Å². The molecule has 1 amide bonds. The van der Waals surface area contributed by atoms with Crippen LogP contribution in [0.5, 0.6) is 0 Å². The molecule has 3 nitrogen and oxygen atoms in total. The summed E-state index contributed by atoms with van der Waals surface area (Å²) in [5, 5.41) is 0. The highest BCUT2D eigenvalue weighted by molar-refractivity contribution is 5.97. The zero-order valence-corrected chi connectivity index (χ0v) is 10.8. The highest BCUT2D eigenvalue weighted by atomic mass is 16.2. The average molecular weight is 252 g/mol. The maximum Gasteiger partial charge on any atom is 0.254 e. The molecule has 1 aliphatic rings. The van der Waals surface area contributed by atoms with Crippen LogP contribution in [0.3, 0.4) is 0 Å². The first-order valence-electron chi connectivity index (χ1n) is 6.37. The minimum absolute atomic E-state index is 0.0335. The molecular weight excluding hydrogens is 236 g/mol. The van der Waals surface area contributed by atoms with Gasteiger partial charge in [0.15, 0.2) is 0 Å². The van der Waals surface area contributed by atoms with Crippen molar-refractivity contribution in [1.29, 1.82) is 0 Å². The molecule has 0 bridgehead atoms. The van der Waals surface area contributed by atoms with Crippen LogP contribution in [-0.4, -0.2) is 17.9 Å². The Morgan fingerprint density at radius 3 is 2.37 bits per heavy atom. The molecule has 96 valence electrons. The van der Waals surface area contributed by atoms with E-state index in [9.17, 15) is 4.79 Å². The second kappa shape index (κ2) is 4.52. The van der Waals surface area contributed by atoms with Gasteiger partial charge in [0.25, 0.3) is 5.91 Å². The zero-order valence-electron chi connectivity index (χ0n) is 10.8. The van der Waals surface area contributed by atoms with Gasteiger partial charge in [-0.3, -0.25) is 4.79 Å². The molecule has 0 saturated heterocycles. The number of hydrogen-bond acceptors (Lipinski definition) is 2. The number of nitrogens with zero attached hydrogens (tertiary/aromatic N) is 1. The van der Waals surface area contributed by atoms with E-state index in [0.29, 0.717) is 5.56 Å². The Morgan fingerprint density at radius 2 is 1.63 bits per heavy atom. The minimum atomic E-state index is -0.193. The number of nitrogens with two attached hydrogens (primary N) is 1. The number of carbonyl (C=O) groups excluding carboxylic acids is 1. The van der Waals surface area contributed by atoms with Crippen molar-refractivity contribution in [3.05, 3.63) is 71.3 Å². The highest BCUT2D eigenvalue weighted by Gasteiger charge is 2.36. The second-order valence-electron chi connectivity index (χ2n) is 4.88. The third-order valence-corrected chi connectivity index (χ3v) is 3.77. The summed E-state index contributed by atoms with van der Waals surface area (Å²) < 4.78 is 0. The summed E-state index contributed by atoms with van der Waals surface area (Å²) in [6.45, 7) is 0. The molecule has 3 rings (SSSR count). The summed E-state index contributed by atoms with van der Waals surface area (Å²) in [7, 11) is 1.82. The van der Waals surface area contributed by atoms with Crippen molar-refractivity contribution in [1.82, 2.24) is 4.90 Å². The van der Waals surface area contributed by atoms with Crippen LogP contribution in [0.4, 0.5) is 0 Å². The van der Waals surface area contributed by atoms with Crippen molar-refractivity contribution in [3.8, 4) is 0 Å². The van der Waals surface area contributed by atoms with Crippen molar-refractivity contribution in [2.24, 2.45) is 5.73 Å². The molecule has 1 heterocycles. The van der Waals surface area contributed by atoms with E-state index in [4.69, 9.17) is 5.73 Å². The van der Waals surface area contributed by atoms with Crippen molar-refractivity contribution in [2.45, 2.75) is 12.1 Å². The Kier molecular flexibility index (Phi) is 2.84. The lowest BCUT2D eigenvalue weighted by Crippen LogP contribution is -2.42. The smallest absolute Gasteiger partial charge is 0.254 e. The molecule has 19 heavy (non-hydrogen) atoms. The fourth-order valence-corrected chi connectivity index (χ4v) is 2.79. The van der Waals surface area contributed by atoms with Gasteiger partial charge in [-0.1, -0.05) is 48.5 Å². The van der Waals surface area contributed by atoms with Crippen LogP contribution in [0.1, 0.15) is 33.6 Å². The first-order chi connectivity index (χ1) is 9.20. The number of benzene rings is 2. The molecule has 1 aliphatic heterocycles. The van der Waals surface area contributed by atoms with Crippen LogP contribution in [0.2, 0.25) is 0 Å². The topological polar surface area (TPSA) is 46.3 Å². The third kappa shape index (κ3) is 1.83. The van der Waals surface area contributed by atoms with Crippen LogP contribution in [0.15, 0.2) is 54.6 Å². The normalized spacial score (nSPS) is 22.2. The van der Waals surface area contributed by atoms with E-state index in [-0.39, 0.29) is 18.0 Å². The molecule has 0 aromatic heterocycles. The van der Waals surface area contributed by atoms with Crippen LogP contribution in [-0.2, 0) is 0 Å². The predicted octanol–water partition coefficient (Wildman–Crippen LogP) is 2.51. The number of amides is 1. The van der Waals surface area contributed by atoms with E-state index in [1.54, 1.807) is 4.90 Å². The van der Waals surface area contributed by atoms with Crippen molar-refractivity contribution < 1.29 is 4.79 Å². The largest absolute Gasteiger partial charge is 0.333 e. The Labute approximate surface area is 112 Å². The van der Waals surface area contributed by atoms with Gasteiger partial charge in [-0.05, 0) is 17.2 Å². The van der Waals surface area contributed by atoms with Gasteiger partial charge in [0.2, 0.25) is 0 Å². The molecule has 0 unspecified atom stereocenters. The first-order valence-corrected chi connectivity index (χ1v) is 6.37. The third-order valence-electron chi connectivity index (χ3n) is 3.77. The molecule has 0 saturated carbocycles. The van der Waals surface area contributed by atoms with E-state index in [2.05, 4.69) is 0 Å². The SMILES string of the molecule is CN1C(=O)c2ccccc2[C@H](N)[C@H]1c1ccccc1. The lowest BCUT2D eigenvalue weighted by atomic mass is 9.86. The van der Waals surface area contributed by atoms with Gasteiger partial charge in [-0.25, -0.2) is 0 Å². The average Bonchev–Trinajstić information content (AvgIpc) is 2.46. The minimum Gasteiger partial charge on any atom is -0.333 e. The van der Waals surface area contributed by atoms with Crippen molar-refractivity contribution >= 4 is 5.91 Å². The molecule has 0 radical (unpaired) electrons. The Hall–Kier alpha value is -2.13. The first kappa shape index (κ1) is 11.9. The number of carbonyl (C=O) groups is 1. The maximum absolute atomic E-state index is 12.4. The van der Waals surface area contributed by atoms with Gasteiger partial charge in [-0.2, -0.15) is 0 Å². The molecule has 2 aromatic rings. The van der Waals surface area contributed by atoms with Gasteiger partial charge in [0.05, 0.1) is 12.1 Å². The van der Waals surface area contributed by atoms with Gasteiger partial charge < -0.3 is 10.6 Å². The highest BCUT2D eigenvalue weighted by Crippen LogP contribution is 2.38. The summed E-state index contributed by atoms with van der Waals surface area (Å²) in [4.78, 5) is 14.2. The molecule has 0 spiro atoms. The summed E-state index contributed by atoms with van der Waals surface area (Å²) in [6.07, 6.45) is 0. The molecule has 3 heteroatoms. The van der Waals surface area contributed by atoms with Gasteiger partial charge in [-0.15, -0.1) is 0 Å². The van der Waals surface area contributed by atoms with Crippen LogP contribution < -0.4 is 5.73 Å². The fraction of sp³-hybridized carbons (Fsp3) is 0.188. The van der Waals surface area contributed by atoms with Crippen LogP contribution in [0, 0.1) is 0 Å². The Morgan fingerprint density at radius 1 is 1.00 bits per heavy atom. The van der Waals surface area contributed by atoms with E-state index < -0.39 is 0 Å². The lowest BCUT2D eigenvalue weighted by Gasteiger charge is -2.38. The molecular formula is C16H16N2O.